The van der Waals surface area contributed by atoms with Crippen molar-refractivity contribution in [3.63, 3.8) is 0 Å². The monoisotopic (exact) mass is 514 g/mol. The average molecular weight is 515 g/mol. The number of amides is 1. The Balaban J connectivity index is 1.22. The van der Waals surface area contributed by atoms with Crippen LogP contribution in [0.3, 0.4) is 0 Å². The fraction of sp³-hybridized carbons (Fsp3) is 0.207. The molecule has 2 heterocycles. The van der Waals surface area contributed by atoms with Gasteiger partial charge in [0.05, 0.1) is 22.9 Å². The van der Waals surface area contributed by atoms with Crippen LogP contribution in [0.2, 0.25) is 0 Å². The van der Waals surface area contributed by atoms with Crippen molar-refractivity contribution in [3.8, 4) is 10.6 Å². The summed E-state index contributed by atoms with van der Waals surface area (Å²) in [5.74, 6) is -1.12. The predicted octanol–water partition coefficient (Wildman–Crippen LogP) is 6.74. The first-order valence-corrected chi connectivity index (χ1v) is 12.8. The van der Waals surface area contributed by atoms with Crippen molar-refractivity contribution in [2.75, 3.05) is 11.9 Å². The number of hydrogen-bond donors (Lipinski definition) is 1. The van der Waals surface area contributed by atoms with Gasteiger partial charge in [0.2, 0.25) is 5.76 Å². The second-order valence-corrected chi connectivity index (χ2v) is 9.99. The molecule has 3 aromatic carbocycles. The second-order valence-electron chi connectivity index (χ2n) is 8.96. The van der Waals surface area contributed by atoms with Gasteiger partial charge in [-0.3, -0.25) is 4.79 Å². The Morgan fingerprint density at radius 2 is 1.84 bits per heavy atom. The fourth-order valence-electron chi connectivity index (χ4n) is 3.90. The molecule has 0 saturated carbocycles. The lowest BCUT2D eigenvalue weighted by Gasteiger charge is -2.09. The number of aryl methyl sites for hydroxylation is 1. The zero-order valence-electron chi connectivity index (χ0n) is 20.7. The smallest absolute Gasteiger partial charge is 0.375 e. The van der Waals surface area contributed by atoms with Gasteiger partial charge in [-0.2, -0.15) is 0 Å². The van der Waals surface area contributed by atoms with E-state index in [0.717, 1.165) is 26.2 Å². The number of furan rings is 1. The van der Waals surface area contributed by atoms with E-state index in [0.29, 0.717) is 16.8 Å². The Labute approximate surface area is 218 Å². The number of esters is 1. The zero-order chi connectivity index (χ0) is 25.9. The van der Waals surface area contributed by atoms with Crippen LogP contribution in [-0.4, -0.2) is 29.6 Å². The minimum Gasteiger partial charge on any atom is -0.450 e. The average Bonchev–Trinajstić information content (AvgIpc) is 3.47. The fourth-order valence-corrected chi connectivity index (χ4v) is 4.97. The molecule has 1 amide bonds. The molecule has 8 heteroatoms. The van der Waals surface area contributed by atoms with Crippen LogP contribution in [0.1, 0.15) is 35.5 Å². The maximum Gasteiger partial charge on any atom is 0.375 e. The lowest BCUT2D eigenvalue weighted by molar-refractivity contribution is -0.119. The third kappa shape index (κ3) is 5.55. The molecule has 188 valence electrons. The second kappa shape index (κ2) is 10.5. The summed E-state index contributed by atoms with van der Waals surface area (Å²) in [6, 6.07) is 20.9. The first-order valence-electron chi connectivity index (χ1n) is 11.9. The van der Waals surface area contributed by atoms with E-state index in [-0.39, 0.29) is 18.5 Å². The van der Waals surface area contributed by atoms with E-state index >= 15 is 0 Å². The number of anilines is 1. The van der Waals surface area contributed by atoms with Gasteiger partial charge in [-0.05, 0) is 68.8 Å². The van der Waals surface area contributed by atoms with E-state index in [1.165, 1.54) is 5.56 Å². The van der Waals surface area contributed by atoms with E-state index in [1.54, 1.807) is 29.5 Å². The highest BCUT2D eigenvalue weighted by molar-refractivity contribution is 7.21. The number of benzene rings is 3. The summed E-state index contributed by atoms with van der Waals surface area (Å²) in [5.41, 5.74) is 4.89. The predicted molar refractivity (Wildman–Crippen MR) is 145 cm³/mol. The highest BCUT2D eigenvalue weighted by atomic mass is 32.1. The van der Waals surface area contributed by atoms with Crippen LogP contribution in [-0.2, 0) is 20.9 Å². The SMILES string of the molecule is Cc1ccc2nc(-c3ccc(NC(=O)COC(=O)c4oc5ccccc5c4COC(C)C)cc3)sc2c1. The van der Waals surface area contributed by atoms with Gasteiger partial charge in [0.1, 0.15) is 10.6 Å². The summed E-state index contributed by atoms with van der Waals surface area (Å²) in [5, 5.41) is 4.45. The molecular weight excluding hydrogens is 488 g/mol. The number of carbonyl (C=O) groups is 2. The van der Waals surface area contributed by atoms with Crippen molar-refractivity contribution in [2.24, 2.45) is 0 Å². The Hall–Kier alpha value is -4.01. The first kappa shape index (κ1) is 24.7. The van der Waals surface area contributed by atoms with Crippen molar-refractivity contribution in [1.29, 1.82) is 0 Å². The maximum absolute atomic E-state index is 12.8. The summed E-state index contributed by atoms with van der Waals surface area (Å²) >= 11 is 1.63. The number of rotatable bonds is 8. The molecule has 5 rings (SSSR count). The van der Waals surface area contributed by atoms with Crippen molar-refractivity contribution in [1.82, 2.24) is 4.98 Å². The normalized spacial score (nSPS) is 11.4. The number of thiazole rings is 1. The molecule has 37 heavy (non-hydrogen) atoms. The first-order chi connectivity index (χ1) is 17.9. The lowest BCUT2D eigenvalue weighted by atomic mass is 10.1. The van der Waals surface area contributed by atoms with Crippen LogP contribution in [0.15, 0.2) is 71.1 Å². The van der Waals surface area contributed by atoms with Gasteiger partial charge in [-0.25, -0.2) is 9.78 Å². The molecule has 0 radical (unpaired) electrons. The van der Waals surface area contributed by atoms with E-state index in [4.69, 9.17) is 18.9 Å². The Morgan fingerprint density at radius 3 is 2.62 bits per heavy atom. The standard InChI is InChI=1S/C29H26N2O5S/c1-17(2)34-15-22-21-6-4-5-7-24(21)36-27(22)29(33)35-16-26(32)30-20-11-9-19(10-12-20)28-31-23-13-8-18(3)14-25(23)37-28/h4-14,17H,15-16H2,1-3H3,(H,30,32). The summed E-state index contributed by atoms with van der Waals surface area (Å²) < 4.78 is 17.8. The van der Waals surface area contributed by atoms with Crippen LogP contribution in [0.5, 0.6) is 0 Å². The van der Waals surface area contributed by atoms with Crippen molar-refractivity contribution in [2.45, 2.75) is 33.5 Å². The van der Waals surface area contributed by atoms with E-state index in [2.05, 4.69) is 18.3 Å². The Kier molecular flexibility index (Phi) is 7.03. The van der Waals surface area contributed by atoms with Gasteiger partial charge >= 0.3 is 5.97 Å². The summed E-state index contributed by atoms with van der Waals surface area (Å²) in [6.45, 7) is 5.64. The third-order valence-electron chi connectivity index (χ3n) is 5.74. The summed E-state index contributed by atoms with van der Waals surface area (Å²) in [4.78, 5) is 29.9. The van der Waals surface area contributed by atoms with Crippen LogP contribution < -0.4 is 5.32 Å². The van der Waals surface area contributed by atoms with E-state index < -0.39 is 18.5 Å². The highest BCUT2D eigenvalue weighted by Gasteiger charge is 2.23. The number of fused-ring (bicyclic) bond motifs is 2. The van der Waals surface area contributed by atoms with Gasteiger partial charge in [-0.1, -0.05) is 24.3 Å². The number of para-hydroxylation sites is 1. The maximum atomic E-state index is 12.8. The molecule has 1 N–H and O–H groups in total. The Bertz CT molecular complexity index is 1580. The van der Waals surface area contributed by atoms with Crippen molar-refractivity contribution >= 4 is 50.1 Å². The molecule has 0 unspecified atom stereocenters. The molecule has 5 aromatic rings. The minimum absolute atomic E-state index is 0.0199. The third-order valence-corrected chi connectivity index (χ3v) is 6.81. The number of carbonyl (C=O) groups excluding carboxylic acids is 2. The number of nitrogens with zero attached hydrogens (tertiary/aromatic N) is 1. The van der Waals surface area contributed by atoms with Crippen LogP contribution in [0.4, 0.5) is 5.69 Å². The van der Waals surface area contributed by atoms with E-state index in [9.17, 15) is 9.59 Å². The van der Waals surface area contributed by atoms with Gasteiger partial charge < -0.3 is 19.2 Å². The number of aromatic nitrogens is 1. The molecule has 0 saturated heterocycles. The van der Waals surface area contributed by atoms with Gasteiger partial charge in [-0.15, -0.1) is 11.3 Å². The summed E-state index contributed by atoms with van der Waals surface area (Å²) in [6.07, 6.45) is -0.0199. The van der Waals surface area contributed by atoms with Gasteiger partial charge in [0.15, 0.2) is 6.61 Å². The van der Waals surface area contributed by atoms with Crippen LogP contribution >= 0.6 is 11.3 Å². The molecular formula is C29H26N2O5S. The lowest BCUT2D eigenvalue weighted by Crippen LogP contribution is -2.21. The number of hydrogen-bond acceptors (Lipinski definition) is 7. The highest BCUT2D eigenvalue weighted by Crippen LogP contribution is 2.31. The topological polar surface area (TPSA) is 90.7 Å². The largest absolute Gasteiger partial charge is 0.450 e. The minimum atomic E-state index is -0.713. The molecule has 0 fully saturated rings. The van der Waals surface area contributed by atoms with Crippen LogP contribution in [0, 0.1) is 6.92 Å². The van der Waals surface area contributed by atoms with Crippen LogP contribution in [0.25, 0.3) is 31.8 Å². The molecule has 0 aliphatic heterocycles. The molecule has 7 nitrogen and oxygen atoms in total. The quantitative estimate of drug-likeness (QED) is 0.231. The number of ether oxygens (including phenoxy) is 2. The molecule has 0 spiro atoms. The number of nitrogens with one attached hydrogen (secondary N) is 1. The van der Waals surface area contributed by atoms with Gasteiger partial charge in [0, 0.05) is 22.2 Å². The van der Waals surface area contributed by atoms with E-state index in [1.807, 2.05) is 56.3 Å². The van der Waals surface area contributed by atoms with Crippen molar-refractivity contribution < 1.29 is 23.5 Å². The molecule has 2 aromatic heterocycles. The molecule has 0 aliphatic carbocycles. The Morgan fingerprint density at radius 1 is 1.05 bits per heavy atom. The molecule has 0 atom stereocenters. The molecule has 0 aliphatic rings. The molecule has 0 bridgehead atoms. The van der Waals surface area contributed by atoms with Gasteiger partial charge in [0.25, 0.3) is 5.91 Å². The zero-order valence-corrected chi connectivity index (χ0v) is 21.6. The summed E-state index contributed by atoms with van der Waals surface area (Å²) in [7, 11) is 0. The van der Waals surface area contributed by atoms with Crippen molar-refractivity contribution in [3.05, 3.63) is 83.6 Å².